The number of hydrogen-bond acceptors (Lipinski definition) is 6. The molecule has 1 heterocycles. The molecule has 6 heteroatoms. The highest BCUT2D eigenvalue weighted by Crippen LogP contribution is 2.25. The highest BCUT2D eigenvalue weighted by molar-refractivity contribution is 5.85. The molecular weight excluding hydrogens is 384 g/mol. The number of aliphatic imine (C=N–C) groups is 1. The van der Waals surface area contributed by atoms with Crippen LogP contribution in [0.15, 0.2) is 53.5 Å². The molecular formula is C25H32N6. The van der Waals surface area contributed by atoms with E-state index in [0.29, 0.717) is 17.8 Å². The number of hydrogen-bond donors (Lipinski definition) is 2. The molecule has 2 aromatic carbocycles. The summed E-state index contributed by atoms with van der Waals surface area (Å²) in [7, 11) is 0. The highest BCUT2D eigenvalue weighted by Gasteiger charge is 2.13. The van der Waals surface area contributed by atoms with Crippen molar-refractivity contribution in [1.29, 1.82) is 0 Å². The van der Waals surface area contributed by atoms with Crippen molar-refractivity contribution in [1.82, 2.24) is 15.0 Å². The van der Waals surface area contributed by atoms with Crippen LogP contribution in [0.4, 0.5) is 29.2 Å². The van der Waals surface area contributed by atoms with Gasteiger partial charge >= 0.3 is 0 Å². The smallest absolute Gasteiger partial charge is 0.255 e. The van der Waals surface area contributed by atoms with E-state index in [9.17, 15) is 0 Å². The molecule has 0 saturated heterocycles. The molecule has 0 radical (unpaired) electrons. The molecule has 162 valence electrons. The van der Waals surface area contributed by atoms with Crippen LogP contribution < -0.4 is 10.6 Å². The van der Waals surface area contributed by atoms with Gasteiger partial charge in [-0.25, -0.2) is 4.99 Å². The van der Waals surface area contributed by atoms with E-state index < -0.39 is 0 Å². The monoisotopic (exact) mass is 416 g/mol. The molecule has 0 aliphatic rings. The summed E-state index contributed by atoms with van der Waals surface area (Å²) in [6.45, 7) is 12.8. The normalized spacial score (nSPS) is 11.2. The van der Waals surface area contributed by atoms with E-state index in [0.717, 1.165) is 35.5 Å². The van der Waals surface area contributed by atoms with Crippen LogP contribution in [0.25, 0.3) is 0 Å². The predicted octanol–water partition coefficient (Wildman–Crippen LogP) is 6.86. The number of nitrogens with zero attached hydrogens (tertiary/aromatic N) is 4. The van der Waals surface area contributed by atoms with Crippen LogP contribution in [0.2, 0.25) is 0 Å². The second kappa shape index (κ2) is 9.69. The molecule has 0 unspecified atom stereocenters. The van der Waals surface area contributed by atoms with Crippen molar-refractivity contribution in [2.45, 2.75) is 59.8 Å². The van der Waals surface area contributed by atoms with E-state index in [2.05, 4.69) is 96.4 Å². The molecule has 0 bridgehead atoms. The zero-order valence-corrected chi connectivity index (χ0v) is 19.3. The standard InChI is InChI=1S/C25H32N6/c1-7-19(8-2)26-22-29-23(27-20-14-12-18(13-15-20)25(4,5)6)31-24(30-22)28-21-11-9-10-17(3)16-21/h9-16H,7-8H2,1-6H3,(H2,27,28,29,30,31). The Hall–Kier alpha value is -3.28. The molecule has 31 heavy (non-hydrogen) atoms. The van der Waals surface area contributed by atoms with Gasteiger partial charge < -0.3 is 10.6 Å². The van der Waals surface area contributed by atoms with E-state index >= 15 is 0 Å². The van der Waals surface area contributed by atoms with Crippen molar-refractivity contribution in [3.05, 3.63) is 59.7 Å². The fourth-order valence-electron chi connectivity index (χ4n) is 3.11. The maximum Gasteiger partial charge on any atom is 0.255 e. The Balaban J connectivity index is 1.93. The first kappa shape index (κ1) is 22.4. The number of anilines is 4. The first-order valence-corrected chi connectivity index (χ1v) is 10.8. The van der Waals surface area contributed by atoms with Gasteiger partial charge in [0, 0.05) is 17.1 Å². The zero-order chi connectivity index (χ0) is 22.4. The van der Waals surface area contributed by atoms with Crippen molar-refractivity contribution in [3.63, 3.8) is 0 Å². The molecule has 2 N–H and O–H groups in total. The third kappa shape index (κ3) is 6.35. The summed E-state index contributed by atoms with van der Waals surface area (Å²) >= 11 is 0. The lowest BCUT2D eigenvalue weighted by Crippen LogP contribution is -2.10. The molecule has 3 aromatic rings. The van der Waals surface area contributed by atoms with Gasteiger partial charge in [0.25, 0.3) is 5.95 Å². The Labute approximate surface area is 185 Å². The van der Waals surface area contributed by atoms with Gasteiger partial charge in [0.1, 0.15) is 0 Å². The highest BCUT2D eigenvalue weighted by atomic mass is 15.3. The summed E-state index contributed by atoms with van der Waals surface area (Å²) in [4.78, 5) is 18.3. The third-order valence-corrected chi connectivity index (χ3v) is 4.98. The second-order valence-corrected chi connectivity index (χ2v) is 8.61. The lowest BCUT2D eigenvalue weighted by atomic mass is 9.87. The largest absolute Gasteiger partial charge is 0.324 e. The average Bonchev–Trinajstić information content (AvgIpc) is 2.71. The van der Waals surface area contributed by atoms with Crippen molar-refractivity contribution in [3.8, 4) is 0 Å². The van der Waals surface area contributed by atoms with Crippen LogP contribution in [-0.2, 0) is 5.41 Å². The quantitative estimate of drug-likeness (QED) is 0.412. The van der Waals surface area contributed by atoms with Gasteiger partial charge in [-0.1, -0.05) is 58.9 Å². The maximum absolute atomic E-state index is 4.64. The van der Waals surface area contributed by atoms with Gasteiger partial charge in [0.05, 0.1) is 0 Å². The molecule has 1 aromatic heterocycles. The first-order chi connectivity index (χ1) is 14.8. The van der Waals surface area contributed by atoms with Crippen LogP contribution in [0.5, 0.6) is 0 Å². The lowest BCUT2D eigenvalue weighted by Gasteiger charge is -2.19. The fourth-order valence-corrected chi connectivity index (χ4v) is 3.11. The molecule has 0 aliphatic heterocycles. The second-order valence-electron chi connectivity index (χ2n) is 8.61. The first-order valence-electron chi connectivity index (χ1n) is 10.8. The molecule has 0 atom stereocenters. The third-order valence-electron chi connectivity index (χ3n) is 4.98. The summed E-state index contributed by atoms with van der Waals surface area (Å²) in [5, 5.41) is 6.58. The summed E-state index contributed by atoms with van der Waals surface area (Å²) in [5.74, 6) is 1.32. The van der Waals surface area contributed by atoms with Crippen molar-refractivity contribution >= 4 is 34.9 Å². The Morgan fingerprint density at radius 2 is 1.45 bits per heavy atom. The minimum Gasteiger partial charge on any atom is -0.324 e. The molecule has 0 amide bonds. The van der Waals surface area contributed by atoms with E-state index in [1.165, 1.54) is 5.56 Å². The summed E-state index contributed by atoms with van der Waals surface area (Å²) in [5.41, 5.74) is 5.43. The van der Waals surface area contributed by atoms with Crippen LogP contribution in [0.3, 0.4) is 0 Å². The summed E-state index contributed by atoms with van der Waals surface area (Å²) < 4.78 is 0. The maximum atomic E-state index is 4.64. The Morgan fingerprint density at radius 3 is 2.00 bits per heavy atom. The minimum absolute atomic E-state index is 0.106. The topological polar surface area (TPSA) is 75.1 Å². The van der Waals surface area contributed by atoms with Gasteiger partial charge in [-0.15, -0.1) is 0 Å². The lowest BCUT2D eigenvalue weighted by molar-refractivity contribution is 0.590. The molecule has 0 aliphatic carbocycles. The van der Waals surface area contributed by atoms with E-state index in [-0.39, 0.29) is 5.41 Å². The SMILES string of the molecule is CCC(CC)=Nc1nc(Nc2ccc(C(C)(C)C)cc2)nc(Nc2cccc(C)c2)n1. The minimum atomic E-state index is 0.106. The summed E-state index contributed by atoms with van der Waals surface area (Å²) in [6, 6.07) is 16.4. The van der Waals surface area contributed by atoms with Gasteiger partial charge in [0.2, 0.25) is 11.9 Å². The van der Waals surface area contributed by atoms with E-state index in [1.54, 1.807) is 0 Å². The van der Waals surface area contributed by atoms with E-state index in [4.69, 9.17) is 0 Å². The number of benzene rings is 2. The molecule has 0 saturated carbocycles. The summed E-state index contributed by atoms with van der Waals surface area (Å²) in [6.07, 6.45) is 1.72. The van der Waals surface area contributed by atoms with Gasteiger partial charge in [-0.3, -0.25) is 0 Å². The molecule has 0 fully saturated rings. The Kier molecular flexibility index (Phi) is 7.00. The van der Waals surface area contributed by atoms with Crippen molar-refractivity contribution in [2.24, 2.45) is 4.99 Å². The molecule has 3 rings (SSSR count). The van der Waals surface area contributed by atoms with Gasteiger partial charge in [0.15, 0.2) is 0 Å². The van der Waals surface area contributed by atoms with Crippen LogP contribution in [-0.4, -0.2) is 20.7 Å². The van der Waals surface area contributed by atoms with Crippen molar-refractivity contribution in [2.75, 3.05) is 10.6 Å². The van der Waals surface area contributed by atoms with E-state index in [1.807, 2.05) is 24.3 Å². The van der Waals surface area contributed by atoms with Crippen LogP contribution in [0.1, 0.15) is 58.6 Å². The Bertz CT molecular complexity index is 1040. The number of aryl methyl sites for hydroxylation is 1. The predicted molar refractivity (Wildman–Crippen MR) is 130 cm³/mol. The molecule has 0 spiro atoms. The number of aromatic nitrogens is 3. The fraction of sp³-hybridized carbons (Fsp3) is 0.360. The number of nitrogens with one attached hydrogen (secondary N) is 2. The van der Waals surface area contributed by atoms with Gasteiger partial charge in [-0.2, -0.15) is 15.0 Å². The zero-order valence-electron chi connectivity index (χ0n) is 19.3. The van der Waals surface area contributed by atoms with Gasteiger partial charge in [-0.05, 0) is 60.6 Å². The average molecular weight is 417 g/mol. The van der Waals surface area contributed by atoms with Crippen LogP contribution in [0, 0.1) is 6.92 Å². The number of rotatable bonds is 7. The Morgan fingerprint density at radius 1 is 0.839 bits per heavy atom. The van der Waals surface area contributed by atoms with Crippen molar-refractivity contribution < 1.29 is 0 Å². The van der Waals surface area contributed by atoms with Crippen LogP contribution >= 0.6 is 0 Å². The molecule has 6 nitrogen and oxygen atoms in total.